The first-order valence-corrected chi connectivity index (χ1v) is 7.43. The molecular weight excluding hydrogens is 303 g/mol. The van der Waals surface area contributed by atoms with Crippen molar-refractivity contribution >= 4 is 17.2 Å². The maximum atomic E-state index is 13.5. The Morgan fingerprint density at radius 2 is 1.50 bits per heavy atom. The highest BCUT2D eigenvalue weighted by atomic mass is 19.1. The Labute approximate surface area is 139 Å². The zero-order valence-electron chi connectivity index (χ0n) is 12.8. The van der Waals surface area contributed by atoms with Crippen molar-refractivity contribution in [2.75, 3.05) is 5.43 Å². The van der Waals surface area contributed by atoms with Crippen molar-refractivity contribution in [3.63, 3.8) is 0 Å². The van der Waals surface area contributed by atoms with Gasteiger partial charge in [-0.25, -0.2) is 4.39 Å². The Morgan fingerprint density at radius 3 is 2.21 bits per heavy atom. The lowest BCUT2D eigenvalue weighted by Crippen LogP contribution is -2.01. The maximum Gasteiger partial charge on any atom is 0.201 e. The molecule has 0 radical (unpaired) electrons. The molecule has 3 rings (SSSR count). The molecular formula is C19H15FN4. The number of benzene rings is 3. The van der Waals surface area contributed by atoms with E-state index in [-0.39, 0.29) is 5.82 Å². The van der Waals surface area contributed by atoms with E-state index in [1.54, 1.807) is 12.1 Å². The summed E-state index contributed by atoms with van der Waals surface area (Å²) in [5.41, 5.74) is 4.95. The number of halogens is 1. The van der Waals surface area contributed by atoms with Gasteiger partial charge in [-0.3, -0.25) is 5.43 Å². The lowest BCUT2D eigenvalue weighted by atomic mass is 10.2. The van der Waals surface area contributed by atoms with Crippen LogP contribution in [0.1, 0.15) is 5.56 Å². The number of anilines is 1. The molecule has 0 saturated heterocycles. The third kappa shape index (κ3) is 4.33. The van der Waals surface area contributed by atoms with E-state index in [0.717, 1.165) is 5.69 Å². The molecule has 5 heteroatoms. The number of amidine groups is 1. The van der Waals surface area contributed by atoms with E-state index in [2.05, 4.69) is 20.8 Å². The second-order valence-corrected chi connectivity index (χ2v) is 4.96. The van der Waals surface area contributed by atoms with Crippen LogP contribution >= 0.6 is 0 Å². The van der Waals surface area contributed by atoms with Gasteiger partial charge in [-0.2, -0.15) is 5.10 Å². The van der Waals surface area contributed by atoms with Crippen molar-refractivity contribution in [2.45, 2.75) is 0 Å². The van der Waals surface area contributed by atoms with Gasteiger partial charge < -0.3 is 0 Å². The van der Waals surface area contributed by atoms with Gasteiger partial charge in [-0.15, -0.1) is 10.2 Å². The first-order valence-electron chi connectivity index (χ1n) is 7.43. The van der Waals surface area contributed by atoms with Crippen LogP contribution in [0.4, 0.5) is 15.8 Å². The van der Waals surface area contributed by atoms with E-state index in [0.29, 0.717) is 17.1 Å². The van der Waals surface area contributed by atoms with Crippen molar-refractivity contribution in [3.8, 4) is 0 Å². The minimum Gasteiger partial charge on any atom is -0.276 e. The van der Waals surface area contributed by atoms with Crippen molar-refractivity contribution < 1.29 is 4.39 Å². The van der Waals surface area contributed by atoms with Crippen LogP contribution in [-0.2, 0) is 0 Å². The molecule has 0 saturated carbocycles. The summed E-state index contributed by atoms with van der Waals surface area (Å²) in [6, 6.07) is 24.8. The molecule has 4 nitrogen and oxygen atoms in total. The van der Waals surface area contributed by atoms with Crippen LogP contribution in [-0.4, -0.2) is 5.84 Å². The van der Waals surface area contributed by atoms with Gasteiger partial charge in [0.05, 0.1) is 11.4 Å². The third-order valence-electron chi connectivity index (χ3n) is 3.16. The standard InChI is InChI=1S/C19H15FN4/c20-16-9-7-8-15(14-16)19(23-21-17-10-3-1-4-11-17)24-22-18-12-5-2-6-13-18/h1-14,21H/b23-19+,24-22?. The summed E-state index contributed by atoms with van der Waals surface area (Å²) >= 11 is 0. The van der Waals surface area contributed by atoms with Gasteiger partial charge >= 0.3 is 0 Å². The van der Waals surface area contributed by atoms with Gasteiger partial charge in [0.15, 0.2) is 0 Å². The van der Waals surface area contributed by atoms with E-state index in [1.165, 1.54) is 12.1 Å². The first kappa shape index (κ1) is 15.6. The van der Waals surface area contributed by atoms with Gasteiger partial charge in [-0.1, -0.05) is 48.5 Å². The molecule has 0 heterocycles. The second-order valence-electron chi connectivity index (χ2n) is 4.96. The van der Waals surface area contributed by atoms with E-state index >= 15 is 0 Å². The van der Waals surface area contributed by atoms with Crippen LogP contribution in [0.3, 0.4) is 0 Å². The number of rotatable bonds is 4. The Kier molecular flexibility index (Phi) is 5.04. The Balaban J connectivity index is 1.90. The number of nitrogens with zero attached hydrogens (tertiary/aromatic N) is 3. The fraction of sp³-hybridized carbons (Fsp3) is 0. The molecule has 118 valence electrons. The molecule has 1 N–H and O–H groups in total. The monoisotopic (exact) mass is 318 g/mol. The molecule has 0 aromatic heterocycles. The molecule has 0 unspecified atom stereocenters. The maximum absolute atomic E-state index is 13.5. The topological polar surface area (TPSA) is 49.1 Å². The van der Waals surface area contributed by atoms with Crippen LogP contribution in [0.5, 0.6) is 0 Å². The van der Waals surface area contributed by atoms with Gasteiger partial charge in [-0.05, 0) is 36.4 Å². The fourth-order valence-electron chi connectivity index (χ4n) is 2.00. The van der Waals surface area contributed by atoms with Gasteiger partial charge in [0.2, 0.25) is 5.84 Å². The Bertz CT molecular complexity index is 846. The zero-order valence-corrected chi connectivity index (χ0v) is 12.8. The molecule has 24 heavy (non-hydrogen) atoms. The molecule has 0 aliphatic carbocycles. The van der Waals surface area contributed by atoms with Crippen LogP contribution in [0.15, 0.2) is 100 Å². The highest BCUT2D eigenvalue weighted by Gasteiger charge is 2.04. The van der Waals surface area contributed by atoms with Crippen molar-refractivity contribution in [3.05, 3.63) is 96.3 Å². The summed E-state index contributed by atoms with van der Waals surface area (Å²) in [4.78, 5) is 0. The SMILES string of the molecule is Fc1cccc(/C(N=Nc2ccccc2)=N\Nc2ccccc2)c1. The minimum absolute atomic E-state index is 0.294. The molecule has 0 amide bonds. The molecule has 0 spiro atoms. The van der Waals surface area contributed by atoms with Crippen molar-refractivity contribution in [1.29, 1.82) is 0 Å². The normalized spacial score (nSPS) is 11.6. The number of hydrogen-bond donors (Lipinski definition) is 1. The van der Waals surface area contributed by atoms with Gasteiger partial charge in [0, 0.05) is 5.56 Å². The highest BCUT2D eigenvalue weighted by Crippen LogP contribution is 2.14. The van der Waals surface area contributed by atoms with Gasteiger partial charge in [0.25, 0.3) is 0 Å². The largest absolute Gasteiger partial charge is 0.276 e. The number of azo groups is 1. The lowest BCUT2D eigenvalue weighted by Gasteiger charge is -2.03. The number of nitrogens with one attached hydrogen (secondary N) is 1. The molecule has 0 bridgehead atoms. The molecule has 0 atom stereocenters. The third-order valence-corrected chi connectivity index (χ3v) is 3.16. The van der Waals surface area contributed by atoms with E-state index in [4.69, 9.17) is 0 Å². The average molecular weight is 318 g/mol. The quantitative estimate of drug-likeness (QED) is 0.298. The average Bonchev–Trinajstić information content (AvgIpc) is 2.63. The van der Waals surface area contributed by atoms with Crippen molar-refractivity contribution in [1.82, 2.24) is 0 Å². The summed E-state index contributed by atoms with van der Waals surface area (Å²) in [6.07, 6.45) is 0. The van der Waals surface area contributed by atoms with Crippen LogP contribution in [0.25, 0.3) is 0 Å². The molecule has 0 aliphatic heterocycles. The van der Waals surface area contributed by atoms with Gasteiger partial charge in [0.1, 0.15) is 5.82 Å². The predicted molar refractivity (Wildman–Crippen MR) is 94.0 cm³/mol. The van der Waals surface area contributed by atoms with Crippen LogP contribution in [0.2, 0.25) is 0 Å². The molecule has 0 aliphatic rings. The second kappa shape index (κ2) is 7.78. The number of para-hydroxylation sites is 1. The van der Waals surface area contributed by atoms with E-state index in [1.807, 2.05) is 60.7 Å². The predicted octanol–water partition coefficient (Wildman–Crippen LogP) is 5.38. The summed E-state index contributed by atoms with van der Waals surface area (Å²) in [5, 5.41) is 12.6. The van der Waals surface area contributed by atoms with Crippen molar-refractivity contribution in [2.24, 2.45) is 15.3 Å². The number of hydrazone groups is 1. The summed E-state index contributed by atoms with van der Waals surface area (Å²) in [5.74, 6) is -0.0583. The van der Waals surface area contributed by atoms with E-state index in [9.17, 15) is 4.39 Å². The minimum atomic E-state index is -0.352. The first-order chi connectivity index (χ1) is 11.8. The van der Waals surface area contributed by atoms with Crippen LogP contribution in [0, 0.1) is 5.82 Å². The Hall–Kier alpha value is -3.34. The van der Waals surface area contributed by atoms with Crippen LogP contribution < -0.4 is 5.43 Å². The van der Waals surface area contributed by atoms with E-state index < -0.39 is 0 Å². The molecule has 3 aromatic carbocycles. The molecule has 0 fully saturated rings. The zero-order chi connectivity index (χ0) is 16.6. The lowest BCUT2D eigenvalue weighted by molar-refractivity contribution is 0.627. The summed E-state index contributed by atoms with van der Waals surface area (Å²) < 4.78 is 13.5. The Morgan fingerprint density at radius 1 is 0.792 bits per heavy atom. The summed E-state index contributed by atoms with van der Waals surface area (Å²) in [7, 11) is 0. The highest BCUT2D eigenvalue weighted by molar-refractivity contribution is 5.99. The summed E-state index contributed by atoms with van der Waals surface area (Å²) in [6.45, 7) is 0. The smallest absolute Gasteiger partial charge is 0.201 e. The number of hydrogen-bond acceptors (Lipinski definition) is 3. The molecule has 3 aromatic rings. The fourth-order valence-corrected chi connectivity index (χ4v) is 2.00.